The SMILES string of the molecule is CCCNCCNC(=O)c1cc(I)c[nH]1.Cl. The second-order valence-corrected chi connectivity index (χ2v) is 4.48. The van der Waals surface area contributed by atoms with Crippen LogP contribution in [0.2, 0.25) is 0 Å². The van der Waals surface area contributed by atoms with Crippen molar-refractivity contribution in [1.29, 1.82) is 0 Å². The predicted octanol–water partition coefficient (Wildman–Crippen LogP) is 1.77. The minimum absolute atomic E-state index is 0. The lowest BCUT2D eigenvalue weighted by atomic mass is 10.4. The Kier molecular flexibility index (Phi) is 8.68. The largest absolute Gasteiger partial charge is 0.356 e. The lowest BCUT2D eigenvalue weighted by Crippen LogP contribution is -2.32. The van der Waals surface area contributed by atoms with Gasteiger partial charge in [0, 0.05) is 22.9 Å². The van der Waals surface area contributed by atoms with E-state index in [-0.39, 0.29) is 18.3 Å². The second kappa shape index (κ2) is 8.83. The van der Waals surface area contributed by atoms with Gasteiger partial charge in [-0.3, -0.25) is 4.79 Å². The minimum atomic E-state index is -0.0452. The number of aromatic nitrogens is 1. The number of rotatable bonds is 6. The average molecular weight is 358 g/mol. The van der Waals surface area contributed by atoms with Crippen molar-refractivity contribution in [3.05, 3.63) is 21.5 Å². The molecule has 1 aromatic heterocycles. The molecule has 0 aromatic carbocycles. The molecule has 0 bridgehead atoms. The topological polar surface area (TPSA) is 56.9 Å². The molecule has 0 aliphatic carbocycles. The zero-order valence-corrected chi connectivity index (χ0v) is 12.2. The van der Waals surface area contributed by atoms with E-state index < -0.39 is 0 Å². The van der Waals surface area contributed by atoms with Gasteiger partial charge in [0.1, 0.15) is 5.69 Å². The van der Waals surface area contributed by atoms with Gasteiger partial charge in [-0.25, -0.2) is 0 Å². The van der Waals surface area contributed by atoms with Gasteiger partial charge in [-0.1, -0.05) is 6.92 Å². The highest BCUT2D eigenvalue weighted by Gasteiger charge is 2.05. The van der Waals surface area contributed by atoms with E-state index >= 15 is 0 Å². The van der Waals surface area contributed by atoms with E-state index in [9.17, 15) is 4.79 Å². The normalized spacial score (nSPS) is 9.62. The van der Waals surface area contributed by atoms with Gasteiger partial charge >= 0.3 is 0 Å². The van der Waals surface area contributed by atoms with Crippen molar-refractivity contribution in [2.45, 2.75) is 13.3 Å². The monoisotopic (exact) mass is 357 g/mol. The summed E-state index contributed by atoms with van der Waals surface area (Å²) in [6.45, 7) is 4.59. The number of hydrogen-bond donors (Lipinski definition) is 3. The lowest BCUT2D eigenvalue weighted by molar-refractivity contribution is 0.0949. The van der Waals surface area contributed by atoms with Crippen molar-refractivity contribution in [2.24, 2.45) is 0 Å². The molecule has 1 aromatic rings. The summed E-state index contributed by atoms with van der Waals surface area (Å²) in [5, 5.41) is 6.06. The molecule has 0 aliphatic heterocycles. The van der Waals surface area contributed by atoms with Crippen LogP contribution in [-0.4, -0.2) is 30.5 Å². The Morgan fingerprint density at radius 2 is 2.19 bits per heavy atom. The van der Waals surface area contributed by atoms with Crippen molar-refractivity contribution in [3.8, 4) is 0 Å². The summed E-state index contributed by atoms with van der Waals surface area (Å²) in [7, 11) is 0. The molecule has 1 rings (SSSR count). The standard InChI is InChI=1S/C10H16IN3O.ClH/c1-2-3-12-4-5-13-10(15)9-6-8(11)7-14-9;/h6-7,12,14H,2-5H2,1H3,(H,13,15);1H. The number of carbonyl (C=O) groups excluding carboxylic acids is 1. The molecule has 0 saturated heterocycles. The Bertz CT molecular complexity index is 317. The van der Waals surface area contributed by atoms with Crippen molar-refractivity contribution in [2.75, 3.05) is 19.6 Å². The van der Waals surface area contributed by atoms with Gasteiger partial charge in [-0.05, 0) is 41.6 Å². The van der Waals surface area contributed by atoms with Crippen molar-refractivity contribution in [1.82, 2.24) is 15.6 Å². The summed E-state index contributed by atoms with van der Waals surface area (Å²) in [4.78, 5) is 14.4. The van der Waals surface area contributed by atoms with E-state index in [4.69, 9.17) is 0 Å². The van der Waals surface area contributed by atoms with E-state index in [1.807, 2.05) is 12.3 Å². The molecule has 0 fully saturated rings. The van der Waals surface area contributed by atoms with Gasteiger partial charge in [-0.2, -0.15) is 0 Å². The number of aromatic amines is 1. The molecule has 0 atom stereocenters. The molecule has 1 amide bonds. The maximum Gasteiger partial charge on any atom is 0.267 e. The molecule has 16 heavy (non-hydrogen) atoms. The summed E-state index contributed by atoms with van der Waals surface area (Å²) in [5.74, 6) is -0.0452. The fourth-order valence-electron chi connectivity index (χ4n) is 1.16. The molecule has 1 heterocycles. The third-order valence-electron chi connectivity index (χ3n) is 1.91. The van der Waals surface area contributed by atoms with Crippen molar-refractivity contribution in [3.63, 3.8) is 0 Å². The fourth-order valence-corrected chi connectivity index (χ4v) is 1.63. The zero-order valence-electron chi connectivity index (χ0n) is 9.18. The van der Waals surface area contributed by atoms with Crippen LogP contribution in [0.15, 0.2) is 12.3 Å². The minimum Gasteiger partial charge on any atom is -0.356 e. The molecular weight excluding hydrogens is 340 g/mol. The zero-order chi connectivity index (χ0) is 11.1. The molecule has 0 aliphatic rings. The van der Waals surface area contributed by atoms with Crippen LogP contribution in [0.1, 0.15) is 23.8 Å². The van der Waals surface area contributed by atoms with Gasteiger partial charge < -0.3 is 15.6 Å². The first-order valence-corrected chi connectivity index (χ1v) is 6.14. The first-order valence-electron chi connectivity index (χ1n) is 5.07. The number of nitrogens with one attached hydrogen (secondary N) is 3. The molecule has 92 valence electrons. The summed E-state index contributed by atoms with van der Waals surface area (Å²) in [6, 6.07) is 1.83. The molecule has 0 spiro atoms. The number of hydrogen-bond acceptors (Lipinski definition) is 2. The van der Waals surface area contributed by atoms with E-state index in [1.165, 1.54) is 0 Å². The lowest BCUT2D eigenvalue weighted by Gasteiger charge is -2.04. The highest BCUT2D eigenvalue weighted by atomic mass is 127. The first-order chi connectivity index (χ1) is 7.24. The summed E-state index contributed by atoms with van der Waals surface area (Å²) in [6.07, 6.45) is 2.92. The van der Waals surface area contributed by atoms with Gasteiger partial charge in [0.05, 0.1) is 0 Å². The predicted molar refractivity (Wildman–Crippen MR) is 76.3 cm³/mol. The average Bonchev–Trinajstić information content (AvgIpc) is 2.64. The highest BCUT2D eigenvalue weighted by Crippen LogP contribution is 2.05. The van der Waals surface area contributed by atoms with Gasteiger partial charge in [0.15, 0.2) is 0 Å². The number of amides is 1. The maximum absolute atomic E-state index is 11.5. The van der Waals surface area contributed by atoms with Gasteiger partial charge in [0.2, 0.25) is 0 Å². The van der Waals surface area contributed by atoms with Crippen LogP contribution < -0.4 is 10.6 Å². The van der Waals surface area contributed by atoms with E-state index in [1.54, 1.807) is 0 Å². The summed E-state index contributed by atoms with van der Waals surface area (Å²) in [5.41, 5.74) is 0.620. The van der Waals surface area contributed by atoms with E-state index in [2.05, 4.69) is 45.1 Å². The summed E-state index contributed by atoms with van der Waals surface area (Å²) < 4.78 is 1.04. The number of halogens is 2. The third kappa shape index (κ3) is 5.72. The van der Waals surface area contributed by atoms with Crippen LogP contribution in [-0.2, 0) is 0 Å². The molecule has 6 heteroatoms. The smallest absolute Gasteiger partial charge is 0.267 e. The Balaban J connectivity index is 0.00000225. The van der Waals surface area contributed by atoms with Crippen molar-refractivity contribution >= 4 is 40.9 Å². The first kappa shape index (κ1) is 15.7. The highest BCUT2D eigenvalue weighted by molar-refractivity contribution is 14.1. The Morgan fingerprint density at radius 1 is 1.44 bits per heavy atom. The maximum atomic E-state index is 11.5. The van der Waals surface area contributed by atoms with Crippen LogP contribution in [0.4, 0.5) is 0 Å². The molecule has 0 saturated carbocycles. The van der Waals surface area contributed by atoms with Gasteiger partial charge in [0.25, 0.3) is 5.91 Å². The van der Waals surface area contributed by atoms with Crippen LogP contribution in [0.3, 0.4) is 0 Å². The third-order valence-corrected chi connectivity index (χ3v) is 2.53. The number of H-pyrrole nitrogens is 1. The summed E-state index contributed by atoms with van der Waals surface area (Å²) >= 11 is 2.17. The quantitative estimate of drug-likeness (QED) is 0.537. The van der Waals surface area contributed by atoms with E-state index in [0.717, 1.165) is 23.1 Å². The molecular formula is C10H17ClIN3O. The van der Waals surface area contributed by atoms with Crippen LogP contribution in [0.25, 0.3) is 0 Å². The molecule has 0 radical (unpaired) electrons. The second-order valence-electron chi connectivity index (χ2n) is 3.24. The fraction of sp³-hybridized carbons (Fsp3) is 0.500. The molecule has 0 unspecified atom stereocenters. The Hall–Kier alpha value is -0.270. The Labute approximate surface area is 116 Å². The number of carbonyl (C=O) groups is 1. The van der Waals surface area contributed by atoms with Crippen LogP contribution in [0.5, 0.6) is 0 Å². The van der Waals surface area contributed by atoms with Gasteiger partial charge in [-0.15, -0.1) is 12.4 Å². The Morgan fingerprint density at radius 3 is 2.75 bits per heavy atom. The molecule has 3 N–H and O–H groups in total. The van der Waals surface area contributed by atoms with Crippen LogP contribution >= 0.6 is 35.0 Å². The van der Waals surface area contributed by atoms with Crippen molar-refractivity contribution < 1.29 is 4.79 Å². The van der Waals surface area contributed by atoms with E-state index in [0.29, 0.717) is 12.2 Å². The van der Waals surface area contributed by atoms with Crippen LogP contribution in [0, 0.1) is 3.57 Å². The molecule has 4 nitrogen and oxygen atoms in total.